The number of rotatable bonds is 9. The molecule has 1 aliphatic heterocycles. The molecule has 0 aromatic carbocycles. The van der Waals surface area contributed by atoms with Gasteiger partial charge in [0.05, 0.1) is 5.75 Å². The van der Waals surface area contributed by atoms with E-state index in [0.717, 1.165) is 23.6 Å². The zero-order chi connectivity index (χ0) is 19.9. The van der Waals surface area contributed by atoms with Crippen molar-refractivity contribution < 1.29 is 27.9 Å². The number of nitrogens with zero attached hydrogens (tertiary/aromatic N) is 2. The molecule has 1 fully saturated rings. The number of nitrogens with one attached hydrogen (secondary N) is 1. The van der Waals surface area contributed by atoms with Gasteiger partial charge in [0.25, 0.3) is 0 Å². The van der Waals surface area contributed by atoms with Crippen molar-refractivity contribution in [2.45, 2.75) is 58.5 Å². The lowest BCUT2D eigenvalue weighted by Gasteiger charge is -2.35. The van der Waals surface area contributed by atoms with E-state index in [1.165, 1.54) is 20.8 Å². The number of carbonyl (C=O) groups is 3. The molecule has 1 rings (SSSR count). The highest BCUT2D eigenvalue weighted by molar-refractivity contribution is 7.89. The van der Waals surface area contributed by atoms with E-state index < -0.39 is 22.0 Å². The minimum atomic E-state index is -3.85. The Hall–Kier alpha value is -1.68. The lowest BCUT2D eigenvalue weighted by molar-refractivity contribution is -0.140. The molecule has 150 valence electrons. The first kappa shape index (κ1) is 22.4. The quantitative estimate of drug-likeness (QED) is 0.571. The minimum absolute atomic E-state index is 0.0369. The van der Waals surface area contributed by atoms with Crippen molar-refractivity contribution in [1.29, 1.82) is 0 Å². The first-order valence-electron chi connectivity index (χ1n) is 8.80. The highest BCUT2D eigenvalue weighted by Crippen LogP contribution is 2.21. The fourth-order valence-corrected chi connectivity index (χ4v) is 4.90. The Morgan fingerprint density at radius 2 is 1.92 bits per heavy atom. The Balaban J connectivity index is 2.81. The summed E-state index contributed by atoms with van der Waals surface area (Å²) in [7, 11) is -3.85. The Kier molecular flexibility index (Phi) is 8.48. The predicted octanol–water partition coefficient (Wildman–Crippen LogP) is 0.0185. The molecular formula is C16H29N3O6S. The van der Waals surface area contributed by atoms with Crippen LogP contribution in [0.4, 0.5) is 0 Å². The van der Waals surface area contributed by atoms with E-state index in [0.29, 0.717) is 6.54 Å². The van der Waals surface area contributed by atoms with Gasteiger partial charge in [-0.15, -0.1) is 0 Å². The van der Waals surface area contributed by atoms with Crippen molar-refractivity contribution in [3.8, 4) is 0 Å². The van der Waals surface area contributed by atoms with E-state index in [-0.39, 0.29) is 43.1 Å². The molecule has 0 radical (unpaired) electrons. The van der Waals surface area contributed by atoms with Crippen LogP contribution in [0.1, 0.15) is 46.5 Å². The number of amides is 2. The molecule has 2 N–H and O–H groups in total. The van der Waals surface area contributed by atoms with E-state index in [9.17, 15) is 27.9 Å². The molecular weight excluding hydrogens is 362 g/mol. The molecule has 0 saturated carbocycles. The van der Waals surface area contributed by atoms with Crippen LogP contribution in [0.25, 0.3) is 0 Å². The van der Waals surface area contributed by atoms with Crippen LogP contribution >= 0.6 is 0 Å². The zero-order valence-electron chi connectivity index (χ0n) is 15.6. The Morgan fingerprint density at radius 3 is 2.46 bits per heavy atom. The number of sulfonamides is 1. The van der Waals surface area contributed by atoms with Crippen molar-refractivity contribution in [3.63, 3.8) is 0 Å². The lowest BCUT2D eigenvalue weighted by Crippen LogP contribution is -2.49. The van der Waals surface area contributed by atoms with Gasteiger partial charge in [-0.1, -0.05) is 0 Å². The summed E-state index contributed by atoms with van der Waals surface area (Å²) in [5.74, 6) is -1.88. The first-order chi connectivity index (χ1) is 12.1. The predicted molar refractivity (Wildman–Crippen MR) is 95.9 cm³/mol. The van der Waals surface area contributed by atoms with Gasteiger partial charge < -0.3 is 15.3 Å². The molecule has 9 nitrogen and oxygen atoms in total. The molecule has 2 atom stereocenters. The van der Waals surface area contributed by atoms with Crippen molar-refractivity contribution in [2.75, 3.05) is 25.4 Å². The van der Waals surface area contributed by atoms with E-state index in [2.05, 4.69) is 5.32 Å². The van der Waals surface area contributed by atoms with Crippen molar-refractivity contribution >= 4 is 27.8 Å². The third kappa shape index (κ3) is 6.56. The Labute approximate surface area is 154 Å². The molecule has 0 bridgehead atoms. The van der Waals surface area contributed by atoms with Crippen LogP contribution in [-0.4, -0.2) is 78.0 Å². The van der Waals surface area contributed by atoms with Crippen LogP contribution in [0.2, 0.25) is 0 Å². The summed E-state index contributed by atoms with van der Waals surface area (Å²) in [6, 6.07) is -1.38. The smallest absolute Gasteiger partial charge is 0.321 e. The van der Waals surface area contributed by atoms with Gasteiger partial charge in [-0.2, -0.15) is 4.31 Å². The maximum atomic E-state index is 12.7. The van der Waals surface area contributed by atoms with E-state index in [1.807, 2.05) is 0 Å². The second-order valence-electron chi connectivity index (χ2n) is 6.57. The summed E-state index contributed by atoms with van der Waals surface area (Å²) >= 11 is 0. The largest absolute Gasteiger partial charge is 0.480 e. The van der Waals surface area contributed by atoms with Crippen LogP contribution in [-0.2, 0) is 24.4 Å². The Morgan fingerprint density at radius 1 is 1.27 bits per heavy atom. The second-order valence-corrected chi connectivity index (χ2v) is 8.62. The number of piperidine rings is 1. The first-order valence-corrected chi connectivity index (χ1v) is 10.4. The molecule has 0 aromatic heterocycles. The third-order valence-corrected chi connectivity index (χ3v) is 6.56. The highest BCUT2D eigenvalue weighted by Gasteiger charge is 2.33. The number of likely N-dealkylation sites (tertiary alicyclic amines) is 1. The lowest BCUT2D eigenvalue weighted by atomic mass is 10.00. The molecule has 10 heteroatoms. The van der Waals surface area contributed by atoms with Gasteiger partial charge in [0.1, 0.15) is 6.04 Å². The summed E-state index contributed by atoms with van der Waals surface area (Å²) in [5, 5.41) is 11.7. The number of carbonyl (C=O) groups excluding carboxylic acids is 2. The van der Waals surface area contributed by atoms with Gasteiger partial charge in [0.2, 0.25) is 21.8 Å². The number of carboxylic acid groups (broad SMARTS) is 1. The monoisotopic (exact) mass is 391 g/mol. The van der Waals surface area contributed by atoms with Crippen LogP contribution in [0, 0.1) is 0 Å². The van der Waals surface area contributed by atoms with Crippen LogP contribution < -0.4 is 5.32 Å². The summed E-state index contributed by atoms with van der Waals surface area (Å²) in [4.78, 5) is 35.7. The van der Waals surface area contributed by atoms with Crippen LogP contribution in [0.3, 0.4) is 0 Å². The van der Waals surface area contributed by atoms with Crippen molar-refractivity contribution in [2.24, 2.45) is 0 Å². The van der Waals surface area contributed by atoms with Crippen LogP contribution in [0.15, 0.2) is 0 Å². The average molecular weight is 391 g/mol. The number of carboxylic acids is 1. The van der Waals surface area contributed by atoms with Crippen LogP contribution in [0.5, 0.6) is 0 Å². The molecule has 0 aliphatic carbocycles. The van der Waals surface area contributed by atoms with E-state index in [4.69, 9.17) is 0 Å². The fraction of sp³-hybridized carbons (Fsp3) is 0.812. The fourth-order valence-electron chi connectivity index (χ4n) is 3.16. The SMILES string of the molecule is CC(=O)NCCN(C(C)C(=O)O)S(=O)(=O)CCC1CCCCN1C(C)=O. The molecule has 1 heterocycles. The summed E-state index contributed by atoms with van der Waals surface area (Å²) < 4.78 is 26.3. The van der Waals surface area contributed by atoms with Gasteiger partial charge in [0, 0.05) is 39.5 Å². The van der Waals surface area contributed by atoms with E-state index in [1.54, 1.807) is 4.90 Å². The molecule has 2 amide bonds. The number of hydrogen-bond acceptors (Lipinski definition) is 5. The topological polar surface area (TPSA) is 124 Å². The van der Waals surface area contributed by atoms with Gasteiger partial charge in [-0.05, 0) is 32.6 Å². The van der Waals surface area contributed by atoms with Gasteiger partial charge in [-0.3, -0.25) is 14.4 Å². The maximum Gasteiger partial charge on any atom is 0.321 e. The molecule has 2 unspecified atom stereocenters. The summed E-state index contributed by atoms with van der Waals surface area (Å²) in [6.07, 6.45) is 2.86. The average Bonchev–Trinajstić information content (AvgIpc) is 2.56. The van der Waals surface area contributed by atoms with E-state index >= 15 is 0 Å². The zero-order valence-corrected chi connectivity index (χ0v) is 16.4. The molecule has 1 saturated heterocycles. The van der Waals surface area contributed by atoms with Crippen molar-refractivity contribution in [1.82, 2.24) is 14.5 Å². The standard InChI is InChI=1S/C16H29N3O6S/c1-12(16(22)23)19(10-8-17-13(2)20)26(24,25)11-7-15-6-4-5-9-18(15)14(3)21/h12,15H,4-11H2,1-3H3,(H,17,20)(H,22,23). The van der Waals surface area contributed by atoms with Gasteiger partial charge in [0.15, 0.2) is 0 Å². The number of hydrogen-bond donors (Lipinski definition) is 2. The van der Waals surface area contributed by atoms with Gasteiger partial charge >= 0.3 is 5.97 Å². The van der Waals surface area contributed by atoms with Gasteiger partial charge in [-0.25, -0.2) is 8.42 Å². The third-order valence-electron chi connectivity index (χ3n) is 4.59. The molecule has 26 heavy (non-hydrogen) atoms. The summed E-state index contributed by atoms with van der Waals surface area (Å²) in [5.41, 5.74) is 0. The maximum absolute atomic E-state index is 12.7. The minimum Gasteiger partial charge on any atom is -0.480 e. The van der Waals surface area contributed by atoms with Crippen molar-refractivity contribution in [3.05, 3.63) is 0 Å². The second kappa shape index (κ2) is 9.86. The Bertz CT molecular complexity index is 621. The normalized spacial score (nSPS) is 19.2. The summed E-state index contributed by atoms with van der Waals surface area (Å²) in [6.45, 7) is 4.62. The highest BCUT2D eigenvalue weighted by atomic mass is 32.2. The molecule has 1 aliphatic rings. The number of aliphatic carboxylic acids is 1. The molecule has 0 spiro atoms. The molecule has 0 aromatic rings.